The first-order valence-corrected chi connectivity index (χ1v) is 4.69. The van der Waals surface area contributed by atoms with E-state index in [4.69, 9.17) is 0 Å². The molecule has 0 bridgehead atoms. The molecule has 0 aromatic heterocycles. The first-order valence-electron chi connectivity index (χ1n) is 4.69. The summed E-state index contributed by atoms with van der Waals surface area (Å²) in [6.07, 6.45) is 3.28. The molecule has 1 aromatic carbocycles. The molecule has 0 saturated carbocycles. The minimum Gasteiger partial charge on any atom is -0.351 e. The van der Waals surface area contributed by atoms with Crippen LogP contribution < -0.4 is 4.90 Å². The molecule has 0 heterocycles. The van der Waals surface area contributed by atoms with Crippen molar-refractivity contribution in [2.24, 2.45) is 0 Å². The van der Waals surface area contributed by atoms with Gasteiger partial charge in [-0.1, -0.05) is 30.7 Å². The van der Waals surface area contributed by atoms with Crippen molar-refractivity contribution in [2.45, 2.75) is 20.3 Å². The fourth-order valence-corrected chi connectivity index (χ4v) is 1.16. The third-order valence-corrected chi connectivity index (χ3v) is 2.14. The number of hydrogen-bond donors (Lipinski definition) is 0. The van der Waals surface area contributed by atoms with Gasteiger partial charge in [-0.2, -0.15) is 0 Å². The number of hydrogen-bond acceptors (Lipinski definition) is 1. The van der Waals surface area contributed by atoms with Crippen LogP contribution in [0, 0.1) is 0 Å². The molecule has 1 heteroatoms. The Morgan fingerprint density at radius 3 is 2.46 bits per heavy atom. The van der Waals surface area contributed by atoms with Gasteiger partial charge in [0.15, 0.2) is 0 Å². The second kappa shape index (κ2) is 4.70. The van der Waals surface area contributed by atoms with Crippen LogP contribution in [0.2, 0.25) is 0 Å². The molecule has 0 N–H and O–H groups in total. The first-order chi connectivity index (χ1) is 6.24. The van der Waals surface area contributed by atoms with Crippen LogP contribution in [0.5, 0.6) is 0 Å². The Morgan fingerprint density at radius 2 is 1.92 bits per heavy atom. The van der Waals surface area contributed by atoms with E-state index in [9.17, 15) is 0 Å². The molecule has 0 aliphatic carbocycles. The summed E-state index contributed by atoms with van der Waals surface area (Å²) in [7, 11) is 2.08. The van der Waals surface area contributed by atoms with Gasteiger partial charge in [0.05, 0.1) is 0 Å². The largest absolute Gasteiger partial charge is 0.351 e. The average molecular weight is 175 g/mol. The van der Waals surface area contributed by atoms with Crippen LogP contribution in [0.4, 0.5) is 5.69 Å². The number of anilines is 1. The summed E-state index contributed by atoms with van der Waals surface area (Å²) >= 11 is 0. The van der Waals surface area contributed by atoms with Gasteiger partial charge in [0.2, 0.25) is 0 Å². The standard InChI is InChI=1S/C12H17N/c1-4-11(2)10-13(3)12-8-6-5-7-9-12/h5-10H,4H2,1-3H3/b11-10-. The van der Waals surface area contributed by atoms with Crippen LogP contribution in [-0.4, -0.2) is 7.05 Å². The van der Waals surface area contributed by atoms with Crippen LogP contribution in [0.15, 0.2) is 42.1 Å². The number of rotatable bonds is 3. The molecular formula is C12H17N. The zero-order valence-electron chi connectivity index (χ0n) is 8.62. The Balaban J connectivity index is 2.75. The fraction of sp³-hybridized carbons (Fsp3) is 0.333. The van der Waals surface area contributed by atoms with Crippen molar-refractivity contribution < 1.29 is 0 Å². The van der Waals surface area contributed by atoms with Gasteiger partial charge in [0, 0.05) is 18.9 Å². The smallest absolute Gasteiger partial charge is 0.0403 e. The zero-order valence-corrected chi connectivity index (χ0v) is 8.62. The van der Waals surface area contributed by atoms with E-state index in [-0.39, 0.29) is 0 Å². The zero-order chi connectivity index (χ0) is 9.68. The van der Waals surface area contributed by atoms with Crippen molar-refractivity contribution >= 4 is 5.69 Å². The van der Waals surface area contributed by atoms with E-state index in [1.165, 1.54) is 11.3 Å². The maximum Gasteiger partial charge on any atom is 0.0403 e. The summed E-state index contributed by atoms with van der Waals surface area (Å²) in [6, 6.07) is 10.4. The number of nitrogens with zero attached hydrogens (tertiary/aromatic N) is 1. The molecule has 1 aromatic rings. The molecule has 0 atom stereocenters. The SMILES string of the molecule is CC/C(C)=C\N(C)c1ccccc1. The van der Waals surface area contributed by atoms with E-state index in [2.05, 4.69) is 56.3 Å². The Hall–Kier alpha value is -1.24. The maximum absolute atomic E-state index is 2.18. The summed E-state index contributed by atoms with van der Waals surface area (Å²) in [4.78, 5) is 2.15. The molecule has 0 spiro atoms. The summed E-state index contributed by atoms with van der Waals surface area (Å²) < 4.78 is 0. The van der Waals surface area contributed by atoms with Crippen molar-refractivity contribution in [1.82, 2.24) is 0 Å². The van der Waals surface area contributed by atoms with Crippen LogP contribution in [0.1, 0.15) is 20.3 Å². The Kier molecular flexibility index (Phi) is 3.56. The second-order valence-electron chi connectivity index (χ2n) is 3.28. The third kappa shape index (κ3) is 2.94. The highest BCUT2D eigenvalue weighted by molar-refractivity contribution is 5.48. The summed E-state index contributed by atoms with van der Waals surface area (Å²) in [5.74, 6) is 0. The van der Waals surface area contributed by atoms with Crippen molar-refractivity contribution in [2.75, 3.05) is 11.9 Å². The lowest BCUT2D eigenvalue weighted by Crippen LogP contribution is -2.08. The molecule has 1 nitrogen and oxygen atoms in total. The van der Waals surface area contributed by atoms with Gasteiger partial charge in [-0.05, 0) is 25.5 Å². The van der Waals surface area contributed by atoms with Crippen molar-refractivity contribution in [3.63, 3.8) is 0 Å². The summed E-state index contributed by atoms with van der Waals surface area (Å²) in [6.45, 7) is 4.32. The lowest BCUT2D eigenvalue weighted by atomic mass is 10.2. The molecule has 0 aliphatic rings. The number of benzene rings is 1. The summed E-state index contributed by atoms with van der Waals surface area (Å²) in [5.41, 5.74) is 2.63. The second-order valence-corrected chi connectivity index (χ2v) is 3.28. The van der Waals surface area contributed by atoms with Crippen LogP contribution in [-0.2, 0) is 0 Å². The monoisotopic (exact) mass is 175 g/mol. The number of para-hydroxylation sites is 1. The van der Waals surface area contributed by atoms with E-state index in [0.29, 0.717) is 0 Å². The molecule has 0 unspecified atom stereocenters. The molecule has 70 valence electrons. The topological polar surface area (TPSA) is 3.24 Å². The quantitative estimate of drug-likeness (QED) is 0.680. The normalized spacial score (nSPS) is 11.5. The van der Waals surface area contributed by atoms with E-state index in [1.54, 1.807) is 0 Å². The Morgan fingerprint density at radius 1 is 1.31 bits per heavy atom. The molecule has 0 amide bonds. The first kappa shape index (κ1) is 9.85. The van der Waals surface area contributed by atoms with Gasteiger partial charge in [0.25, 0.3) is 0 Å². The van der Waals surface area contributed by atoms with Gasteiger partial charge in [-0.3, -0.25) is 0 Å². The molecule has 0 saturated heterocycles. The minimum atomic E-state index is 1.11. The lowest BCUT2D eigenvalue weighted by Gasteiger charge is -2.15. The van der Waals surface area contributed by atoms with Crippen molar-refractivity contribution in [3.8, 4) is 0 Å². The van der Waals surface area contributed by atoms with Gasteiger partial charge >= 0.3 is 0 Å². The van der Waals surface area contributed by atoms with Gasteiger partial charge in [-0.15, -0.1) is 0 Å². The molecule has 0 fully saturated rings. The van der Waals surface area contributed by atoms with Crippen molar-refractivity contribution in [3.05, 3.63) is 42.1 Å². The van der Waals surface area contributed by atoms with E-state index < -0.39 is 0 Å². The predicted molar refractivity (Wildman–Crippen MR) is 58.9 cm³/mol. The Bertz CT molecular complexity index is 274. The minimum absolute atomic E-state index is 1.11. The van der Waals surface area contributed by atoms with Crippen molar-refractivity contribution in [1.29, 1.82) is 0 Å². The molecule has 0 radical (unpaired) electrons. The van der Waals surface area contributed by atoms with E-state index in [1.807, 2.05) is 6.07 Å². The fourth-order valence-electron chi connectivity index (χ4n) is 1.16. The highest BCUT2D eigenvalue weighted by Gasteiger charge is 1.94. The van der Waals surface area contributed by atoms with Gasteiger partial charge in [-0.25, -0.2) is 0 Å². The van der Waals surface area contributed by atoms with Gasteiger partial charge < -0.3 is 4.90 Å². The number of allylic oxidation sites excluding steroid dienone is 1. The highest BCUT2D eigenvalue weighted by Crippen LogP contribution is 2.13. The molecule has 0 aliphatic heterocycles. The third-order valence-electron chi connectivity index (χ3n) is 2.14. The van der Waals surface area contributed by atoms with E-state index in [0.717, 1.165) is 6.42 Å². The highest BCUT2D eigenvalue weighted by atomic mass is 15.1. The van der Waals surface area contributed by atoms with E-state index >= 15 is 0 Å². The molecule has 13 heavy (non-hydrogen) atoms. The van der Waals surface area contributed by atoms with Crippen LogP contribution in [0.3, 0.4) is 0 Å². The Labute approximate surface area is 80.7 Å². The lowest BCUT2D eigenvalue weighted by molar-refractivity contribution is 1.06. The summed E-state index contributed by atoms with van der Waals surface area (Å²) in [5, 5.41) is 0. The molecular weight excluding hydrogens is 158 g/mol. The van der Waals surface area contributed by atoms with Crippen LogP contribution in [0.25, 0.3) is 0 Å². The molecule has 1 rings (SSSR count). The average Bonchev–Trinajstić information content (AvgIpc) is 2.19. The predicted octanol–water partition coefficient (Wildman–Crippen LogP) is 3.44. The van der Waals surface area contributed by atoms with Gasteiger partial charge in [0.1, 0.15) is 0 Å². The van der Waals surface area contributed by atoms with Crippen LogP contribution >= 0.6 is 0 Å². The maximum atomic E-state index is 2.18.